The van der Waals surface area contributed by atoms with Gasteiger partial charge in [0, 0.05) is 30.4 Å². The van der Waals surface area contributed by atoms with Gasteiger partial charge in [0.05, 0.1) is 12.3 Å². The van der Waals surface area contributed by atoms with E-state index < -0.39 is 0 Å². The molecule has 2 aliphatic rings. The van der Waals surface area contributed by atoms with E-state index in [0.29, 0.717) is 13.2 Å². The number of nitrogens with zero attached hydrogens (tertiary/aromatic N) is 2. The van der Waals surface area contributed by atoms with Crippen LogP contribution in [-0.4, -0.2) is 25.3 Å². The number of anilines is 1. The van der Waals surface area contributed by atoms with Crippen molar-refractivity contribution in [1.82, 2.24) is 0 Å². The molecule has 3 aromatic carbocycles. The fourth-order valence-corrected chi connectivity index (χ4v) is 4.73. The van der Waals surface area contributed by atoms with Crippen molar-refractivity contribution in [2.24, 2.45) is 4.99 Å². The summed E-state index contributed by atoms with van der Waals surface area (Å²) in [5.41, 5.74) is 9.57. The first-order valence-electron chi connectivity index (χ1n) is 13.2. The molecular weight excluding hydrogens is 452 g/mol. The van der Waals surface area contributed by atoms with Gasteiger partial charge in [-0.25, -0.2) is 0 Å². The summed E-state index contributed by atoms with van der Waals surface area (Å²) in [6, 6.07) is 23.4. The lowest BCUT2D eigenvalue weighted by atomic mass is 10.0. The first-order chi connectivity index (χ1) is 18.2. The number of fused-ring (bicyclic) bond motifs is 1. The maximum absolute atomic E-state index is 6.31. The predicted octanol–water partition coefficient (Wildman–Crippen LogP) is 7.79. The van der Waals surface area contributed by atoms with E-state index in [9.17, 15) is 0 Å². The molecule has 0 spiro atoms. The summed E-state index contributed by atoms with van der Waals surface area (Å²) < 4.78 is 6.31. The second kappa shape index (κ2) is 11.7. The van der Waals surface area contributed by atoms with Crippen molar-refractivity contribution in [3.63, 3.8) is 0 Å². The third-order valence-electron chi connectivity index (χ3n) is 6.87. The third-order valence-corrected chi connectivity index (χ3v) is 6.87. The van der Waals surface area contributed by atoms with Gasteiger partial charge in [0.25, 0.3) is 0 Å². The van der Waals surface area contributed by atoms with Crippen molar-refractivity contribution in [1.29, 1.82) is 0 Å². The summed E-state index contributed by atoms with van der Waals surface area (Å²) in [7, 11) is 0. The molecular formula is C34H34N2O. The second-order valence-corrected chi connectivity index (χ2v) is 9.36. The Bertz CT molecular complexity index is 1390. The van der Waals surface area contributed by atoms with Crippen LogP contribution in [0.2, 0.25) is 0 Å². The molecule has 1 heterocycles. The molecule has 0 N–H and O–H groups in total. The normalized spacial score (nSPS) is 14.3. The van der Waals surface area contributed by atoms with Crippen molar-refractivity contribution in [2.45, 2.75) is 26.9 Å². The molecule has 0 bridgehead atoms. The highest BCUT2D eigenvalue weighted by Crippen LogP contribution is 2.28. The molecule has 0 saturated carbocycles. The lowest BCUT2D eigenvalue weighted by molar-refractivity contribution is 0.305. The predicted molar refractivity (Wildman–Crippen MR) is 158 cm³/mol. The summed E-state index contributed by atoms with van der Waals surface area (Å²) in [6.45, 7) is 7.53. The molecule has 0 atom stereocenters. The minimum Gasteiger partial charge on any atom is -0.488 e. The third kappa shape index (κ3) is 6.18. The van der Waals surface area contributed by atoms with Gasteiger partial charge < -0.3 is 9.64 Å². The Morgan fingerprint density at radius 2 is 1.76 bits per heavy atom. The van der Waals surface area contributed by atoms with Gasteiger partial charge in [0.1, 0.15) is 12.4 Å². The lowest BCUT2D eigenvalue weighted by Crippen LogP contribution is -2.21. The average molecular weight is 487 g/mol. The molecule has 1 aliphatic heterocycles. The van der Waals surface area contributed by atoms with Crippen LogP contribution in [-0.2, 0) is 13.0 Å². The second-order valence-electron chi connectivity index (χ2n) is 9.36. The van der Waals surface area contributed by atoms with Gasteiger partial charge in [0.15, 0.2) is 0 Å². The monoisotopic (exact) mass is 486 g/mol. The van der Waals surface area contributed by atoms with Crippen LogP contribution in [0.25, 0.3) is 18.2 Å². The standard InChI is InChI=1S/C34H34N2O/c1-3-36(4-2)33-20-18-30(34(23-33)37-25-27-9-6-5-7-10-27)17-19-32-22-28(24-35-32)14-13-26-15-16-29-11-8-12-31(29)21-26/h5-11,13-23H,3-4,12,24-25H2,1-2H3/b14-13+,19-17+. The van der Waals surface area contributed by atoms with Gasteiger partial charge in [-0.2, -0.15) is 0 Å². The summed E-state index contributed by atoms with van der Waals surface area (Å²) >= 11 is 0. The van der Waals surface area contributed by atoms with Gasteiger partial charge in [-0.05, 0) is 78.5 Å². The van der Waals surface area contributed by atoms with Crippen LogP contribution in [0.3, 0.4) is 0 Å². The van der Waals surface area contributed by atoms with E-state index in [1.807, 2.05) is 18.2 Å². The van der Waals surface area contributed by atoms with Gasteiger partial charge >= 0.3 is 0 Å². The van der Waals surface area contributed by atoms with Crippen LogP contribution in [0, 0.1) is 0 Å². The zero-order valence-corrected chi connectivity index (χ0v) is 21.7. The Morgan fingerprint density at radius 1 is 0.892 bits per heavy atom. The molecule has 1 aliphatic carbocycles. The first-order valence-corrected chi connectivity index (χ1v) is 13.2. The summed E-state index contributed by atoms with van der Waals surface area (Å²) in [4.78, 5) is 7.06. The average Bonchev–Trinajstić information content (AvgIpc) is 3.60. The van der Waals surface area contributed by atoms with Crippen molar-refractivity contribution in [2.75, 3.05) is 24.5 Å². The number of hydrogen-bond donors (Lipinski definition) is 0. The van der Waals surface area contributed by atoms with Crippen LogP contribution >= 0.6 is 0 Å². The van der Waals surface area contributed by atoms with E-state index in [0.717, 1.165) is 42.1 Å². The topological polar surface area (TPSA) is 24.8 Å². The SMILES string of the molecule is CCN(CC)c1ccc(/C=C/C2=NCC(/C=C/c3ccc4c(c3)CC=C4)=C2)c(OCc2ccccc2)c1. The summed E-state index contributed by atoms with van der Waals surface area (Å²) in [5.74, 6) is 0.887. The highest BCUT2D eigenvalue weighted by molar-refractivity contribution is 6.08. The number of rotatable bonds is 10. The van der Waals surface area contributed by atoms with E-state index >= 15 is 0 Å². The number of allylic oxidation sites excluding steroid dienone is 3. The molecule has 3 heteroatoms. The number of hydrogen-bond acceptors (Lipinski definition) is 3. The minimum absolute atomic E-state index is 0.540. The molecule has 0 amide bonds. The van der Waals surface area contributed by atoms with Crippen LogP contribution in [0.15, 0.2) is 102 Å². The smallest absolute Gasteiger partial charge is 0.129 e. The van der Waals surface area contributed by atoms with Crippen molar-refractivity contribution >= 4 is 29.6 Å². The van der Waals surface area contributed by atoms with E-state index in [1.54, 1.807) is 0 Å². The Balaban J connectivity index is 1.30. The van der Waals surface area contributed by atoms with E-state index in [2.05, 4.69) is 110 Å². The largest absolute Gasteiger partial charge is 0.488 e. The van der Waals surface area contributed by atoms with Crippen molar-refractivity contribution < 1.29 is 4.74 Å². The molecule has 5 rings (SSSR count). The molecule has 0 unspecified atom stereocenters. The lowest BCUT2D eigenvalue weighted by Gasteiger charge is -2.22. The summed E-state index contributed by atoms with van der Waals surface area (Å²) in [6.07, 6.45) is 16.2. The highest BCUT2D eigenvalue weighted by Gasteiger charge is 2.10. The summed E-state index contributed by atoms with van der Waals surface area (Å²) in [5, 5.41) is 0. The fourth-order valence-electron chi connectivity index (χ4n) is 4.73. The molecule has 0 radical (unpaired) electrons. The molecule has 0 aromatic heterocycles. The van der Waals surface area contributed by atoms with Gasteiger partial charge in [0.2, 0.25) is 0 Å². The maximum atomic E-state index is 6.31. The van der Waals surface area contributed by atoms with Crippen LogP contribution in [0.4, 0.5) is 5.69 Å². The zero-order chi connectivity index (χ0) is 25.5. The van der Waals surface area contributed by atoms with E-state index in [1.165, 1.54) is 28.0 Å². The molecule has 0 fully saturated rings. The zero-order valence-electron chi connectivity index (χ0n) is 21.7. The molecule has 186 valence electrons. The number of ether oxygens (including phenoxy) is 1. The van der Waals surface area contributed by atoms with Gasteiger partial charge in [-0.15, -0.1) is 0 Å². The molecule has 0 saturated heterocycles. The van der Waals surface area contributed by atoms with Crippen molar-refractivity contribution in [3.05, 3.63) is 124 Å². The maximum Gasteiger partial charge on any atom is 0.129 e. The molecule has 3 nitrogen and oxygen atoms in total. The number of benzene rings is 3. The number of aliphatic imine (C=N–C) groups is 1. The van der Waals surface area contributed by atoms with E-state index in [4.69, 9.17) is 9.73 Å². The quantitative estimate of drug-likeness (QED) is 0.292. The fraction of sp³-hybridized carbons (Fsp3) is 0.206. The Hall–Kier alpha value is -4.11. The first kappa shape index (κ1) is 24.6. The van der Waals surface area contributed by atoms with Crippen LogP contribution in [0.5, 0.6) is 5.75 Å². The van der Waals surface area contributed by atoms with Gasteiger partial charge in [-0.3, -0.25) is 4.99 Å². The molecule has 3 aromatic rings. The molecule has 37 heavy (non-hydrogen) atoms. The Kier molecular flexibility index (Phi) is 7.81. The Morgan fingerprint density at radius 3 is 2.59 bits per heavy atom. The Labute approximate surface area is 220 Å². The van der Waals surface area contributed by atoms with Crippen LogP contribution in [0.1, 0.15) is 41.7 Å². The van der Waals surface area contributed by atoms with Gasteiger partial charge in [-0.1, -0.05) is 72.8 Å². The van der Waals surface area contributed by atoms with Crippen LogP contribution < -0.4 is 9.64 Å². The van der Waals surface area contributed by atoms with Crippen molar-refractivity contribution in [3.8, 4) is 5.75 Å². The highest BCUT2D eigenvalue weighted by atomic mass is 16.5. The minimum atomic E-state index is 0.540. The van der Waals surface area contributed by atoms with E-state index in [-0.39, 0.29) is 0 Å².